The van der Waals surface area contributed by atoms with Gasteiger partial charge in [0.1, 0.15) is 11.5 Å². The van der Waals surface area contributed by atoms with Crippen LogP contribution in [0, 0.1) is 0 Å². The smallest absolute Gasteiger partial charge is 0.122 e. The lowest BCUT2D eigenvalue weighted by atomic mass is 10.3. The third-order valence-corrected chi connectivity index (χ3v) is 1.28. The topological polar surface area (TPSA) is 18.5 Å². The zero-order chi connectivity index (χ0) is 7.40. The molecule has 0 N–H and O–H groups in total. The number of hydrogen-bond donors (Lipinski definition) is 0. The molecule has 0 atom stereocenters. The fourth-order valence-electron chi connectivity index (χ4n) is 0.728. The lowest BCUT2D eigenvalue weighted by Crippen LogP contribution is -1.84. The van der Waals surface area contributed by atoms with Crippen molar-refractivity contribution in [3.8, 4) is 11.5 Å². The quantitative estimate of drug-likeness (QED) is 0.677. The first-order valence-corrected chi connectivity index (χ1v) is 3.05. The summed E-state index contributed by atoms with van der Waals surface area (Å²) < 4.78 is 9.95. The Morgan fingerprint density at radius 3 is 1.82 bits per heavy atom. The van der Waals surface area contributed by atoms with Crippen molar-refractivity contribution in [2.75, 3.05) is 14.2 Å². The molecule has 62 valence electrons. The van der Waals surface area contributed by atoms with Crippen LogP contribution in [0.5, 0.6) is 11.5 Å². The van der Waals surface area contributed by atoms with Crippen molar-refractivity contribution >= 4 is 13.5 Å². The van der Waals surface area contributed by atoms with Crippen LogP contribution in [0.3, 0.4) is 0 Å². The van der Waals surface area contributed by atoms with E-state index in [1.807, 2.05) is 24.3 Å². The second-order valence-electron chi connectivity index (χ2n) is 1.88. The second kappa shape index (κ2) is 4.91. The van der Waals surface area contributed by atoms with E-state index < -0.39 is 0 Å². The molecule has 0 saturated carbocycles. The Morgan fingerprint density at radius 2 is 1.45 bits per heavy atom. The maximum atomic E-state index is 4.98. The van der Waals surface area contributed by atoms with Gasteiger partial charge in [0.2, 0.25) is 0 Å². The van der Waals surface area contributed by atoms with Gasteiger partial charge in [-0.2, -0.15) is 13.5 Å². The minimum Gasteiger partial charge on any atom is -0.497 e. The Hall–Kier alpha value is -0.830. The van der Waals surface area contributed by atoms with Gasteiger partial charge in [-0.15, -0.1) is 0 Å². The van der Waals surface area contributed by atoms with E-state index in [1.165, 1.54) is 0 Å². The van der Waals surface area contributed by atoms with Gasteiger partial charge in [-0.05, 0) is 12.1 Å². The molecule has 0 aliphatic rings. The van der Waals surface area contributed by atoms with Crippen LogP contribution in [0.2, 0.25) is 0 Å². The SMILES string of the molecule is COc1cccc(OC)c1.S. The van der Waals surface area contributed by atoms with Crippen LogP contribution in [0.4, 0.5) is 0 Å². The summed E-state index contributed by atoms with van der Waals surface area (Å²) in [5.74, 6) is 1.64. The second-order valence-corrected chi connectivity index (χ2v) is 1.88. The van der Waals surface area contributed by atoms with Crippen LogP contribution in [0.15, 0.2) is 24.3 Å². The molecule has 0 bridgehead atoms. The molecule has 0 fully saturated rings. The molecule has 1 aromatic rings. The first-order chi connectivity index (χ1) is 4.86. The number of rotatable bonds is 2. The van der Waals surface area contributed by atoms with Crippen LogP contribution in [0.25, 0.3) is 0 Å². The first-order valence-electron chi connectivity index (χ1n) is 3.05. The first kappa shape index (κ1) is 10.2. The Kier molecular flexibility index (Phi) is 4.54. The van der Waals surface area contributed by atoms with Crippen molar-refractivity contribution in [1.29, 1.82) is 0 Å². The van der Waals surface area contributed by atoms with E-state index in [2.05, 4.69) is 0 Å². The van der Waals surface area contributed by atoms with Gasteiger partial charge in [0.15, 0.2) is 0 Å². The number of benzene rings is 1. The highest BCUT2D eigenvalue weighted by atomic mass is 32.1. The maximum Gasteiger partial charge on any atom is 0.122 e. The molecule has 0 unspecified atom stereocenters. The van der Waals surface area contributed by atoms with E-state index in [9.17, 15) is 0 Å². The van der Waals surface area contributed by atoms with E-state index in [1.54, 1.807) is 14.2 Å². The molecular weight excluding hydrogens is 160 g/mol. The van der Waals surface area contributed by atoms with E-state index in [4.69, 9.17) is 9.47 Å². The highest BCUT2D eigenvalue weighted by molar-refractivity contribution is 7.59. The summed E-state index contributed by atoms with van der Waals surface area (Å²) in [5.41, 5.74) is 0. The number of hydrogen-bond acceptors (Lipinski definition) is 2. The van der Waals surface area contributed by atoms with Gasteiger partial charge in [-0.1, -0.05) is 6.07 Å². The van der Waals surface area contributed by atoms with Gasteiger partial charge in [0.05, 0.1) is 14.2 Å². The minimum absolute atomic E-state index is 0. The van der Waals surface area contributed by atoms with Gasteiger partial charge < -0.3 is 9.47 Å². The average Bonchev–Trinajstić information content (AvgIpc) is 2.05. The van der Waals surface area contributed by atoms with Crippen molar-refractivity contribution in [1.82, 2.24) is 0 Å². The van der Waals surface area contributed by atoms with Crippen molar-refractivity contribution in [3.63, 3.8) is 0 Å². The molecule has 0 amide bonds. The summed E-state index contributed by atoms with van der Waals surface area (Å²) in [6.07, 6.45) is 0. The summed E-state index contributed by atoms with van der Waals surface area (Å²) in [7, 11) is 3.27. The summed E-state index contributed by atoms with van der Waals surface area (Å²) in [6, 6.07) is 7.47. The fourth-order valence-corrected chi connectivity index (χ4v) is 0.728. The monoisotopic (exact) mass is 172 g/mol. The molecule has 0 saturated heterocycles. The predicted octanol–water partition coefficient (Wildman–Crippen LogP) is 1.82. The molecule has 1 aromatic carbocycles. The largest absolute Gasteiger partial charge is 0.497 e. The van der Waals surface area contributed by atoms with E-state index in [0.717, 1.165) is 11.5 Å². The van der Waals surface area contributed by atoms with E-state index in [0.29, 0.717) is 0 Å². The van der Waals surface area contributed by atoms with Crippen LogP contribution in [0.1, 0.15) is 0 Å². The molecule has 1 rings (SSSR count). The van der Waals surface area contributed by atoms with Crippen molar-refractivity contribution in [2.45, 2.75) is 0 Å². The molecule has 0 aromatic heterocycles. The normalized spacial score (nSPS) is 8.18. The van der Waals surface area contributed by atoms with Crippen LogP contribution >= 0.6 is 13.5 Å². The lowest BCUT2D eigenvalue weighted by molar-refractivity contribution is 0.394. The standard InChI is InChI=1S/C8H10O2.H2S/c1-9-7-4-3-5-8(6-7)10-2;/h3-6H,1-2H3;1H2. The van der Waals surface area contributed by atoms with Gasteiger partial charge in [-0.25, -0.2) is 0 Å². The summed E-state index contributed by atoms with van der Waals surface area (Å²) >= 11 is 0. The van der Waals surface area contributed by atoms with Gasteiger partial charge in [0.25, 0.3) is 0 Å². The number of methoxy groups -OCH3 is 2. The summed E-state index contributed by atoms with van der Waals surface area (Å²) in [6.45, 7) is 0. The third-order valence-electron chi connectivity index (χ3n) is 1.28. The molecule has 0 aliphatic carbocycles. The highest BCUT2D eigenvalue weighted by Crippen LogP contribution is 2.17. The highest BCUT2D eigenvalue weighted by Gasteiger charge is 1.91. The molecule has 2 nitrogen and oxygen atoms in total. The summed E-state index contributed by atoms with van der Waals surface area (Å²) in [4.78, 5) is 0. The Balaban J connectivity index is 0.000001000. The average molecular weight is 172 g/mol. The number of ether oxygens (including phenoxy) is 2. The fraction of sp³-hybridized carbons (Fsp3) is 0.250. The van der Waals surface area contributed by atoms with Crippen molar-refractivity contribution in [2.24, 2.45) is 0 Å². The Morgan fingerprint density at radius 1 is 1.00 bits per heavy atom. The molecule has 0 heterocycles. The zero-order valence-corrected chi connectivity index (χ0v) is 7.63. The van der Waals surface area contributed by atoms with Crippen LogP contribution in [-0.2, 0) is 0 Å². The Labute approximate surface area is 73.6 Å². The van der Waals surface area contributed by atoms with E-state index >= 15 is 0 Å². The van der Waals surface area contributed by atoms with Crippen LogP contribution < -0.4 is 9.47 Å². The molecule has 3 heteroatoms. The maximum absolute atomic E-state index is 4.98. The van der Waals surface area contributed by atoms with Crippen molar-refractivity contribution < 1.29 is 9.47 Å². The van der Waals surface area contributed by atoms with Gasteiger partial charge in [-0.3, -0.25) is 0 Å². The zero-order valence-electron chi connectivity index (χ0n) is 6.63. The third kappa shape index (κ3) is 2.72. The molecule has 0 radical (unpaired) electrons. The van der Waals surface area contributed by atoms with E-state index in [-0.39, 0.29) is 13.5 Å². The van der Waals surface area contributed by atoms with Gasteiger partial charge >= 0.3 is 0 Å². The molecular formula is C8H12O2S. The Bertz CT molecular complexity index is 194. The predicted molar refractivity (Wildman–Crippen MR) is 49.9 cm³/mol. The van der Waals surface area contributed by atoms with Gasteiger partial charge in [0, 0.05) is 6.07 Å². The van der Waals surface area contributed by atoms with Crippen LogP contribution in [-0.4, -0.2) is 14.2 Å². The molecule has 0 spiro atoms. The molecule has 11 heavy (non-hydrogen) atoms. The summed E-state index contributed by atoms with van der Waals surface area (Å²) in [5, 5.41) is 0. The minimum atomic E-state index is 0. The molecule has 0 aliphatic heterocycles. The lowest BCUT2D eigenvalue weighted by Gasteiger charge is -2.01. The van der Waals surface area contributed by atoms with Crippen molar-refractivity contribution in [3.05, 3.63) is 24.3 Å².